The summed E-state index contributed by atoms with van der Waals surface area (Å²) in [6.45, 7) is 0. The molecule has 0 aliphatic heterocycles. The number of nitrogens with zero attached hydrogens (tertiary/aromatic N) is 3. The highest BCUT2D eigenvalue weighted by Gasteiger charge is 1.88. The van der Waals surface area contributed by atoms with Crippen molar-refractivity contribution in [3.05, 3.63) is 30.9 Å². The molecule has 7 nitrogen and oxygen atoms in total. The van der Waals surface area contributed by atoms with Crippen LogP contribution in [0.3, 0.4) is 0 Å². The van der Waals surface area contributed by atoms with Crippen molar-refractivity contribution in [2.24, 2.45) is 0 Å². The minimum absolute atomic E-state index is 0.558. The van der Waals surface area contributed by atoms with Gasteiger partial charge in [0.1, 0.15) is 6.33 Å². The normalized spacial score (nSPS) is 8.86. The van der Waals surface area contributed by atoms with Crippen LogP contribution in [0.2, 0.25) is 0 Å². The van der Waals surface area contributed by atoms with Gasteiger partial charge in [0, 0.05) is 18.3 Å². The molecule has 0 aromatic carbocycles. The Kier molecular flexibility index (Phi) is 6.13. The molecule has 14 heavy (non-hydrogen) atoms. The van der Waals surface area contributed by atoms with Gasteiger partial charge in [-0.25, -0.2) is 14.6 Å². The molecule has 74 valence electrons. The Morgan fingerprint density at radius 1 is 1.00 bits per heavy atom. The SMILES string of the molecule is O=C(O)/C=C/C(=O)O.c1cnncn1. The van der Waals surface area contributed by atoms with Crippen molar-refractivity contribution >= 4 is 11.9 Å². The highest BCUT2D eigenvalue weighted by atomic mass is 16.4. The highest BCUT2D eigenvalue weighted by molar-refractivity contribution is 5.89. The second kappa shape index (κ2) is 7.35. The average molecular weight is 197 g/mol. The van der Waals surface area contributed by atoms with Crippen LogP contribution < -0.4 is 0 Å². The van der Waals surface area contributed by atoms with E-state index in [1.165, 1.54) is 12.5 Å². The summed E-state index contributed by atoms with van der Waals surface area (Å²) in [4.78, 5) is 22.7. The van der Waals surface area contributed by atoms with Crippen molar-refractivity contribution in [3.8, 4) is 0 Å². The molecule has 7 heteroatoms. The van der Waals surface area contributed by atoms with Crippen LogP contribution in [0.15, 0.2) is 30.9 Å². The van der Waals surface area contributed by atoms with E-state index in [-0.39, 0.29) is 0 Å². The standard InChI is InChI=1S/C4H4O4.C3H3N3/c5-3(6)1-2-4(7)8;1-2-5-6-3-4-1/h1-2H,(H,5,6)(H,7,8);1-3H/b2-1+;. The summed E-state index contributed by atoms with van der Waals surface area (Å²) in [5.74, 6) is -2.51. The van der Waals surface area contributed by atoms with Gasteiger partial charge in [-0.2, -0.15) is 5.10 Å². The Balaban J connectivity index is 0.000000249. The van der Waals surface area contributed by atoms with Crippen LogP contribution in [0.25, 0.3) is 0 Å². The van der Waals surface area contributed by atoms with Crippen molar-refractivity contribution in [1.82, 2.24) is 15.2 Å². The minimum Gasteiger partial charge on any atom is -0.478 e. The van der Waals surface area contributed by atoms with Crippen molar-refractivity contribution in [1.29, 1.82) is 0 Å². The molecule has 1 aromatic heterocycles. The zero-order valence-corrected chi connectivity index (χ0v) is 6.94. The number of hydrogen-bond acceptors (Lipinski definition) is 5. The third kappa shape index (κ3) is 9.69. The molecule has 0 saturated heterocycles. The topological polar surface area (TPSA) is 113 Å². The first-order valence-corrected chi connectivity index (χ1v) is 3.33. The fourth-order valence-corrected chi connectivity index (χ4v) is 0.347. The van der Waals surface area contributed by atoms with Crippen molar-refractivity contribution in [2.75, 3.05) is 0 Å². The van der Waals surface area contributed by atoms with E-state index in [0.29, 0.717) is 12.2 Å². The lowest BCUT2D eigenvalue weighted by Crippen LogP contribution is -1.91. The zero-order chi connectivity index (χ0) is 10.8. The maximum absolute atomic E-state index is 9.55. The molecular formula is C7H7N3O4. The van der Waals surface area contributed by atoms with Crippen LogP contribution >= 0.6 is 0 Å². The van der Waals surface area contributed by atoms with Crippen LogP contribution in [0.1, 0.15) is 0 Å². The monoisotopic (exact) mass is 197 g/mol. The van der Waals surface area contributed by atoms with E-state index < -0.39 is 11.9 Å². The summed E-state index contributed by atoms with van der Waals surface area (Å²) < 4.78 is 0. The second-order valence-corrected chi connectivity index (χ2v) is 1.80. The number of carbonyl (C=O) groups is 2. The van der Waals surface area contributed by atoms with Gasteiger partial charge >= 0.3 is 11.9 Å². The molecule has 0 aliphatic carbocycles. The Bertz CT molecular complexity index is 269. The lowest BCUT2D eigenvalue weighted by Gasteiger charge is -1.74. The van der Waals surface area contributed by atoms with Crippen molar-refractivity contribution in [2.45, 2.75) is 0 Å². The largest absolute Gasteiger partial charge is 0.478 e. The summed E-state index contributed by atoms with van der Waals surface area (Å²) in [5.41, 5.74) is 0. The zero-order valence-electron chi connectivity index (χ0n) is 6.94. The van der Waals surface area contributed by atoms with Gasteiger partial charge < -0.3 is 10.2 Å². The molecule has 1 heterocycles. The fraction of sp³-hybridized carbons (Fsp3) is 0. The van der Waals surface area contributed by atoms with Crippen LogP contribution in [0.5, 0.6) is 0 Å². The van der Waals surface area contributed by atoms with Crippen LogP contribution in [-0.2, 0) is 9.59 Å². The molecule has 0 aliphatic rings. The van der Waals surface area contributed by atoms with Crippen molar-refractivity contribution in [3.63, 3.8) is 0 Å². The molecule has 1 rings (SSSR count). The smallest absolute Gasteiger partial charge is 0.328 e. The Morgan fingerprint density at radius 3 is 1.71 bits per heavy atom. The lowest BCUT2D eigenvalue weighted by atomic mass is 10.5. The van der Waals surface area contributed by atoms with Gasteiger partial charge in [-0.15, -0.1) is 5.10 Å². The van der Waals surface area contributed by atoms with Crippen molar-refractivity contribution < 1.29 is 19.8 Å². The van der Waals surface area contributed by atoms with E-state index in [1.54, 1.807) is 6.20 Å². The minimum atomic E-state index is -1.26. The third-order valence-electron chi connectivity index (χ3n) is 0.773. The maximum atomic E-state index is 9.55. The maximum Gasteiger partial charge on any atom is 0.328 e. The molecule has 0 radical (unpaired) electrons. The molecule has 0 fully saturated rings. The molecule has 0 saturated carbocycles. The van der Waals surface area contributed by atoms with E-state index in [4.69, 9.17) is 10.2 Å². The fourth-order valence-electron chi connectivity index (χ4n) is 0.347. The molecule has 0 spiro atoms. The first-order valence-electron chi connectivity index (χ1n) is 3.33. The number of aliphatic carboxylic acids is 2. The molecule has 0 unspecified atom stereocenters. The second-order valence-electron chi connectivity index (χ2n) is 1.80. The molecular weight excluding hydrogens is 190 g/mol. The summed E-state index contributed by atoms with van der Waals surface area (Å²) in [5, 5.41) is 22.5. The first kappa shape index (κ1) is 11.7. The molecule has 0 atom stereocenters. The third-order valence-corrected chi connectivity index (χ3v) is 0.773. The number of rotatable bonds is 2. The summed E-state index contributed by atoms with van der Waals surface area (Å²) >= 11 is 0. The lowest BCUT2D eigenvalue weighted by molar-refractivity contribution is -0.134. The van der Waals surface area contributed by atoms with Gasteiger partial charge in [0.15, 0.2) is 0 Å². The molecule has 0 bridgehead atoms. The quantitative estimate of drug-likeness (QED) is 0.619. The molecule has 0 amide bonds. The van der Waals surface area contributed by atoms with Gasteiger partial charge in [-0.3, -0.25) is 0 Å². The summed E-state index contributed by atoms with van der Waals surface area (Å²) in [6, 6.07) is 0. The highest BCUT2D eigenvalue weighted by Crippen LogP contribution is 1.70. The van der Waals surface area contributed by atoms with Gasteiger partial charge in [-0.05, 0) is 0 Å². The number of carboxylic acid groups (broad SMARTS) is 2. The first-order chi connectivity index (χ1) is 6.63. The number of hydrogen-bond donors (Lipinski definition) is 2. The number of carboxylic acids is 2. The van der Waals surface area contributed by atoms with E-state index >= 15 is 0 Å². The van der Waals surface area contributed by atoms with E-state index in [9.17, 15) is 9.59 Å². The van der Waals surface area contributed by atoms with Gasteiger partial charge in [0.2, 0.25) is 0 Å². The van der Waals surface area contributed by atoms with E-state index in [2.05, 4.69) is 15.2 Å². The predicted octanol–water partition coefficient (Wildman–Crippen LogP) is -0.417. The summed E-state index contributed by atoms with van der Waals surface area (Å²) in [7, 11) is 0. The van der Waals surface area contributed by atoms with Gasteiger partial charge in [-0.1, -0.05) is 0 Å². The van der Waals surface area contributed by atoms with Crippen LogP contribution in [0.4, 0.5) is 0 Å². The van der Waals surface area contributed by atoms with Gasteiger partial charge in [0.25, 0.3) is 0 Å². The van der Waals surface area contributed by atoms with Crippen LogP contribution in [0, 0.1) is 0 Å². The molecule has 2 N–H and O–H groups in total. The van der Waals surface area contributed by atoms with E-state index in [0.717, 1.165) is 0 Å². The summed E-state index contributed by atoms with van der Waals surface area (Å²) in [6.07, 6.45) is 5.61. The Morgan fingerprint density at radius 2 is 1.57 bits per heavy atom. The average Bonchev–Trinajstić information content (AvgIpc) is 2.18. The van der Waals surface area contributed by atoms with Gasteiger partial charge in [0.05, 0.1) is 6.20 Å². The molecule has 1 aromatic rings. The Labute approximate surface area is 78.7 Å². The number of aromatic nitrogens is 3. The van der Waals surface area contributed by atoms with Crippen LogP contribution in [-0.4, -0.2) is 37.3 Å². The predicted molar refractivity (Wildman–Crippen MR) is 44.2 cm³/mol. The Hall–Kier alpha value is -2.31. The van der Waals surface area contributed by atoms with E-state index in [1.807, 2.05) is 0 Å².